The van der Waals surface area contributed by atoms with Gasteiger partial charge in [-0.2, -0.15) is 0 Å². The van der Waals surface area contributed by atoms with Crippen LogP contribution in [0.15, 0.2) is 192 Å². The first kappa shape index (κ1) is 28.4. The van der Waals surface area contributed by atoms with Gasteiger partial charge in [0.1, 0.15) is 11.2 Å². The Hall–Kier alpha value is -6.64. The van der Waals surface area contributed by atoms with Crippen LogP contribution in [0, 0.1) is 0 Å². The van der Waals surface area contributed by atoms with Gasteiger partial charge in [0.15, 0.2) is 0 Å². The van der Waals surface area contributed by atoms with Crippen molar-refractivity contribution in [2.45, 2.75) is 0 Å². The molecular formula is C48H31NO. The molecule has 50 heavy (non-hydrogen) atoms. The largest absolute Gasteiger partial charge is 0.456 e. The summed E-state index contributed by atoms with van der Waals surface area (Å²) >= 11 is 0. The predicted octanol–water partition coefficient (Wildman–Crippen LogP) is 13.8. The van der Waals surface area contributed by atoms with Crippen molar-refractivity contribution in [2.75, 3.05) is 4.90 Å². The van der Waals surface area contributed by atoms with Crippen LogP contribution in [0.3, 0.4) is 0 Å². The fourth-order valence-corrected chi connectivity index (χ4v) is 7.63. The molecule has 0 atom stereocenters. The van der Waals surface area contributed by atoms with Crippen LogP contribution in [0.5, 0.6) is 0 Å². The molecule has 10 aromatic rings. The molecule has 234 valence electrons. The Morgan fingerprint density at radius 3 is 1.78 bits per heavy atom. The number of hydrogen-bond acceptors (Lipinski definition) is 2. The van der Waals surface area contributed by atoms with E-state index in [2.05, 4.69) is 181 Å². The molecule has 0 unspecified atom stereocenters. The second-order valence-electron chi connectivity index (χ2n) is 12.9. The van der Waals surface area contributed by atoms with E-state index in [1.807, 2.05) is 12.1 Å². The van der Waals surface area contributed by atoms with E-state index in [-0.39, 0.29) is 0 Å². The first-order valence-corrected chi connectivity index (χ1v) is 17.1. The summed E-state index contributed by atoms with van der Waals surface area (Å²) in [5.41, 5.74) is 9.74. The van der Waals surface area contributed by atoms with Crippen LogP contribution in [-0.4, -0.2) is 0 Å². The molecule has 0 aliphatic heterocycles. The number of fused-ring (bicyclic) bond motifs is 8. The molecule has 0 amide bonds. The first-order chi connectivity index (χ1) is 24.8. The van der Waals surface area contributed by atoms with E-state index in [1.54, 1.807) is 0 Å². The second kappa shape index (κ2) is 11.5. The molecule has 2 heteroatoms. The zero-order valence-electron chi connectivity index (χ0n) is 27.3. The van der Waals surface area contributed by atoms with Gasteiger partial charge >= 0.3 is 0 Å². The van der Waals surface area contributed by atoms with Gasteiger partial charge in [0, 0.05) is 16.8 Å². The molecule has 0 N–H and O–H groups in total. The van der Waals surface area contributed by atoms with Gasteiger partial charge in [-0.25, -0.2) is 0 Å². The monoisotopic (exact) mass is 637 g/mol. The number of benzene rings is 9. The molecule has 1 heterocycles. The Labute approximate surface area is 290 Å². The van der Waals surface area contributed by atoms with Crippen LogP contribution in [0.2, 0.25) is 0 Å². The van der Waals surface area contributed by atoms with Crippen molar-refractivity contribution in [1.29, 1.82) is 0 Å². The van der Waals surface area contributed by atoms with Crippen molar-refractivity contribution in [3.05, 3.63) is 188 Å². The average Bonchev–Trinajstić information content (AvgIpc) is 3.58. The van der Waals surface area contributed by atoms with Gasteiger partial charge in [0.25, 0.3) is 0 Å². The number of rotatable bonds is 5. The van der Waals surface area contributed by atoms with Crippen molar-refractivity contribution in [3.63, 3.8) is 0 Å². The number of furan rings is 1. The second-order valence-corrected chi connectivity index (χ2v) is 12.9. The molecule has 0 bridgehead atoms. The lowest BCUT2D eigenvalue weighted by Crippen LogP contribution is -2.10. The minimum Gasteiger partial charge on any atom is -0.456 e. The van der Waals surface area contributed by atoms with Crippen molar-refractivity contribution >= 4 is 71.3 Å². The summed E-state index contributed by atoms with van der Waals surface area (Å²) in [7, 11) is 0. The van der Waals surface area contributed by atoms with Crippen LogP contribution in [0.1, 0.15) is 0 Å². The Bertz CT molecular complexity index is 2860. The van der Waals surface area contributed by atoms with Gasteiger partial charge in [0.2, 0.25) is 0 Å². The van der Waals surface area contributed by atoms with Gasteiger partial charge in [0.05, 0.1) is 11.1 Å². The van der Waals surface area contributed by atoms with Crippen molar-refractivity contribution in [1.82, 2.24) is 0 Å². The standard InChI is InChI=1S/C48H31NO/c1-2-10-32(11-3-1)37-13-8-14-40(30-37)49(44-17-9-19-46-48(44)42-16-6-7-18-45(42)50-46)39-28-26-33(27-29-39)38-25-22-35-21-24-36-23-20-34-12-4-5-15-41(34)47(36)43(35)31-38/h1-31H. The van der Waals surface area contributed by atoms with E-state index in [1.165, 1.54) is 54.6 Å². The summed E-state index contributed by atoms with van der Waals surface area (Å²) in [4.78, 5) is 2.36. The Morgan fingerprint density at radius 1 is 0.320 bits per heavy atom. The topological polar surface area (TPSA) is 16.4 Å². The van der Waals surface area contributed by atoms with Crippen LogP contribution in [0.4, 0.5) is 17.1 Å². The van der Waals surface area contributed by atoms with Gasteiger partial charge in [-0.05, 0) is 103 Å². The number of para-hydroxylation sites is 1. The molecule has 0 saturated carbocycles. The van der Waals surface area contributed by atoms with E-state index >= 15 is 0 Å². The molecule has 0 aliphatic rings. The maximum absolute atomic E-state index is 6.35. The summed E-state index contributed by atoms with van der Waals surface area (Å²) in [6.07, 6.45) is 0. The van der Waals surface area contributed by atoms with E-state index in [0.717, 1.165) is 39.0 Å². The lowest BCUT2D eigenvalue weighted by molar-refractivity contribution is 0.669. The lowest BCUT2D eigenvalue weighted by Gasteiger charge is -2.27. The third-order valence-corrected chi connectivity index (χ3v) is 10.0. The van der Waals surface area contributed by atoms with Crippen molar-refractivity contribution < 1.29 is 4.42 Å². The molecule has 1 aromatic heterocycles. The molecule has 0 aliphatic carbocycles. The predicted molar refractivity (Wildman–Crippen MR) is 212 cm³/mol. The highest BCUT2D eigenvalue weighted by Gasteiger charge is 2.20. The maximum atomic E-state index is 6.35. The van der Waals surface area contributed by atoms with Crippen molar-refractivity contribution in [2.24, 2.45) is 0 Å². The third-order valence-electron chi connectivity index (χ3n) is 10.0. The van der Waals surface area contributed by atoms with Crippen LogP contribution < -0.4 is 4.90 Å². The van der Waals surface area contributed by atoms with E-state index in [4.69, 9.17) is 4.42 Å². The Kier molecular flexibility index (Phi) is 6.53. The number of nitrogens with zero attached hydrogens (tertiary/aromatic N) is 1. The first-order valence-electron chi connectivity index (χ1n) is 17.1. The molecule has 9 aromatic carbocycles. The van der Waals surface area contributed by atoms with Crippen LogP contribution >= 0.6 is 0 Å². The zero-order chi connectivity index (χ0) is 33.0. The smallest absolute Gasteiger partial charge is 0.137 e. The third kappa shape index (κ3) is 4.65. The summed E-state index contributed by atoms with van der Waals surface area (Å²) in [6, 6.07) is 67.5. The summed E-state index contributed by atoms with van der Waals surface area (Å²) < 4.78 is 6.35. The SMILES string of the molecule is c1ccc(-c2cccc(N(c3ccc(-c4ccc5ccc6ccc7ccccc7c6c5c4)cc3)c3cccc4oc5ccccc5c34)c2)cc1. The fraction of sp³-hybridized carbons (Fsp3) is 0. The maximum Gasteiger partial charge on any atom is 0.137 e. The lowest BCUT2D eigenvalue weighted by atomic mass is 9.94. The minimum absolute atomic E-state index is 0.875. The average molecular weight is 638 g/mol. The van der Waals surface area contributed by atoms with Crippen LogP contribution in [-0.2, 0) is 0 Å². The van der Waals surface area contributed by atoms with Gasteiger partial charge in [-0.1, -0.05) is 140 Å². The van der Waals surface area contributed by atoms with E-state index in [0.29, 0.717) is 0 Å². The Morgan fingerprint density at radius 2 is 0.920 bits per heavy atom. The molecule has 0 saturated heterocycles. The molecule has 0 spiro atoms. The van der Waals surface area contributed by atoms with E-state index in [9.17, 15) is 0 Å². The quantitative estimate of drug-likeness (QED) is 0.175. The highest BCUT2D eigenvalue weighted by molar-refractivity contribution is 6.20. The number of anilines is 3. The van der Waals surface area contributed by atoms with Gasteiger partial charge < -0.3 is 9.32 Å². The minimum atomic E-state index is 0.875. The Balaban J connectivity index is 1.14. The van der Waals surface area contributed by atoms with Crippen molar-refractivity contribution in [3.8, 4) is 22.3 Å². The summed E-state index contributed by atoms with van der Waals surface area (Å²) in [5.74, 6) is 0. The highest BCUT2D eigenvalue weighted by atomic mass is 16.3. The summed E-state index contributed by atoms with van der Waals surface area (Å²) in [6.45, 7) is 0. The number of hydrogen-bond donors (Lipinski definition) is 0. The zero-order valence-corrected chi connectivity index (χ0v) is 27.3. The molecular weight excluding hydrogens is 607 g/mol. The van der Waals surface area contributed by atoms with Crippen LogP contribution in [0.25, 0.3) is 76.5 Å². The fourth-order valence-electron chi connectivity index (χ4n) is 7.63. The molecule has 0 fully saturated rings. The highest BCUT2D eigenvalue weighted by Crippen LogP contribution is 2.44. The molecule has 10 rings (SSSR count). The van der Waals surface area contributed by atoms with E-state index < -0.39 is 0 Å². The van der Waals surface area contributed by atoms with Gasteiger partial charge in [-0.3, -0.25) is 0 Å². The van der Waals surface area contributed by atoms with Gasteiger partial charge in [-0.15, -0.1) is 0 Å². The summed E-state index contributed by atoms with van der Waals surface area (Å²) in [5, 5.41) is 9.86. The molecule has 0 radical (unpaired) electrons. The normalized spacial score (nSPS) is 11.6. The molecule has 2 nitrogen and oxygen atoms in total.